The zero-order valence-electron chi connectivity index (χ0n) is 6.54. The van der Waals surface area contributed by atoms with Crippen molar-refractivity contribution in [1.29, 1.82) is 0 Å². The van der Waals surface area contributed by atoms with E-state index >= 15 is 0 Å². The molecule has 0 spiro atoms. The van der Waals surface area contributed by atoms with Crippen LogP contribution in [0.2, 0.25) is 5.15 Å². The van der Waals surface area contributed by atoms with Gasteiger partial charge in [-0.15, -0.1) is 0 Å². The van der Waals surface area contributed by atoms with E-state index in [1.807, 2.05) is 0 Å². The molecule has 4 heteroatoms. The summed E-state index contributed by atoms with van der Waals surface area (Å²) in [7, 11) is 0. The first-order chi connectivity index (χ1) is 6.20. The minimum absolute atomic E-state index is 0.249. The highest BCUT2D eigenvalue weighted by Gasteiger charge is 2.06. The quantitative estimate of drug-likeness (QED) is 0.631. The molecule has 0 radical (unpaired) electrons. The van der Waals surface area contributed by atoms with Gasteiger partial charge in [0.15, 0.2) is 5.75 Å². The molecule has 0 aliphatic carbocycles. The summed E-state index contributed by atoms with van der Waals surface area (Å²) in [6.45, 7) is 0. The lowest BCUT2D eigenvalue weighted by atomic mass is 10.2. The van der Waals surface area contributed by atoms with Gasteiger partial charge in [-0.2, -0.15) is 0 Å². The number of nitrogens with one attached hydrogen (secondary N) is 1. The van der Waals surface area contributed by atoms with Crippen LogP contribution in [0, 0.1) is 0 Å². The summed E-state index contributed by atoms with van der Waals surface area (Å²) in [5, 5.41) is 10.7. The van der Waals surface area contributed by atoms with Crippen molar-refractivity contribution in [2.75, 3.05) is 0 Å². The number of pyridine rings is 1. The van der Waals surface area contributed by atoms with Crippen LogP contribution in [0.3, 0.4) is 0 Å². The van der Waals surface area contributed by atoms with E-state index in [9.17, 15) is 9.90 Å². The molecule has 0 fully saturated rings. The van der Waals surface area contributed by atoms with Crippen LogP contribution >= 0.6 is 11.6 Å². The molecular formula is C9H6ClNO2. The van der Waals surface area contributed by atoms with Gasteiger partial charge in [0.2, 0.25) is 0 Å². The van der Waals surface area contributed by atoms with E-state index in [1.54, 1.807) is 24.3 Å². The Balaban J connectivity index is 3.06. The summed E-state index contributed by atoms with van der Waals surface area (Å²) in [6.07, 6.45) is 0. The summed E-state index contributed by atoms with van der Waals surface area (Å²) in [6, 6.07) is 6.89. The van der Waals surface area contributed by atoms with E-state index < -0.39 is 5.56 Å². The van der Waals surface area contributed by atoms with Crippen LogP contribution in [-0.2, 0) is 0 Å². The Morgan fingerprint density at radius 1 is 1.23 bits per heavy atom. The monoisotopic (exact) mass is 195 g/mol. The van der Waals surface area contributed by atoms with E-state index in [0.717, 1.165) is 0 Å². The maximum Gasteiger partial charge on any atom is 0.291 e. The number of fused-ring (bicyclic) bond motifs is 1. The predicted molar refractivity (Wildman–Crippen MR) is 51.2 cm³/mol. The second kappa shape index (κ2) is 2.78. The van der Waals surface area contributed by atoms with Crippen molar-refractivity contribution >= 4 is 22.4 Å². The highest BCUT2D eigenvalue weighted by atomic mass is 35.5. The first-order valence-electron chi connectivity index (χ1n) is 3.69. The maximum absolute atomic E-state index is 11.1. The SMILES string of the molecule is O=c1[nH]c(Cl)c2ccccc2c1O. The zero-order chi connectivity index (χ0) is 9.42. The number of benzene rings is 1. The highest BCUT2D eigenvalue weighted by Crippen LogP contribution is 2.24. The summed E-state index contributed by atoms with van der Waals surface area (Å²) in [4.78, 5) is 13.4. The third-order valence-electron chi connectivity index (χ3n) is 1.86. The summed E-state index contributed by atoms with van der Waals surface area (Å²) in [5.41, 5.74) is -0.566. The Morgan fingerprint density at radius 3 is 2.54 bits per heavy atom. The number of rotatable bonds is 0. The summed E-state index contributed by atoms with van der Waals surface area (Å²) < 4.78 is 0. The van der Waals surface area contributed by atoms with Gasteiger partial charge in [-0.05, 0) is 0 Å². The topological polar surface area (TPSA) is 53.1 Å². The van der Waals surface area contributed by atoms with Crippen molar-refractivity contribution in [2.24, 2.45) is 0 Å². The van der Waals surface area contributed by atoms with E-state index in [4.69, 9.17) is 11.6 Å². The largest absolute Gasteiger partial charge is 0.503 e. The summed E-state index contributed by atoms with van der Waals surface area (Å²) >= 11 is 5.77. The van der Waals surface area contributed by atoms with Crippen LogP contribution in [0.25, 0.3) is 10.8 Å². The molecule has 0 unspecified atom stereocenters. The Morgan fingerprint density at radius 2 is 1.85 bits per heavy atom. The average molecular weight is 196 g/mol. The van der Waals surface area contributed by atoms with Crippen LogP contribution in [0.15, 0.2) is 29.1 Å². The average Bonchev–Trinajstić information content (AvgIpc) is 2.15. The molecule has 66 valence electrons. The molecule has 0 amide bonds. The maximum atomic E-state index is 11.1. The van der Waals surface area contributed by atoms with E-state index in [0.29, 0.717) is 10.8 Å². The minimum Gasteiger partial charge on any atom is -0.503 e. The van der Waals surface area contributed by atoms with Crippen LogP contribution in [0.1, 0.15) is 0 Å². The lowest BCUT2D eigenvalue weighted by molar-refractivity contribution is 0.473. The molecule has 1 aromatic heterocycles. The molecule has 2 rings (SSSR count). The van der Waals surface area contributed by atoms with Gasteiger partial charge in [0.25, 0.3) is 5.56 Å². The third kappa shape index (κ3) is 1.17. The lowest BCUT2D eigenvalue weighted by Gasteiger charge is -2.00. The van der Waals surface area contributed by atoms with Gasteiger partial charge in [0.05, 0.1) is 0 Å². The van der Waals surface area contributed by atoms with Gasteiger partial charge in [0.1, 0.15) is 5.15 Å². The summed E-state index contributed by atoms with van der Waals surface area (Å²) in [5.74, 6) is -0.292. The number of aromatic amines is 1. The molecule has 0 bridgehead atoms. The van der Waals surface area contributed by atoms with Crippen molar-refractivity contribution in [2.45, 2.75) is 0 Å². The molecule has 2 aromatic rings. The standard InChI is InChI=1S/C9H6ClNO2/c10-8-6-4-2-1-3-5(6)7(12)9(13)11-8/h1-4,12H,(H,11,13). The second-order valence-corrected chi connectivity index (χ2v) is 3.04. The molecule has 0 saturated carbocycles. The van der Waals surface area contributed by atoms with E-state index in [1.165, 1.54) is 0 Å². The molecule has 3 nitrogen and oxygen atoms in total. The molecule has 2 N–H and O–H groups in total. The van der Waals surface area contributed by atoms with Gasteiger partial charge in [-0.1, -0.05) is 35.9 Å². The van der Waals surface area contributed by atoms with Crippen molar-refractivity contribution in [3.63, 3.8) is 0 Å². The number of H-pyrrole nitrogens is 1. The number of aromatic hydroxyl groups is 1. The smallest absolute Gasteiger partial charge is 0.291 e. The van der Waals surface area contributed by atoms with Gasteiger partial charge in [0, 0.05) is 10.8 Å². The van der Waals surface area contributed by atoms with Crippen molar-refractivity contribution in [1.82, 2.24) is 4.98 Å². The first kappa shape index (κ1) is 8.13. The normalized spacial score (nSPS) is 10.5. The molecule has 1 heterocycles. The van der Waals surface area contributed by atoms with Gasteiger partial charge < -0.3 is 10.1 Å². The molecular weight excluding hydrogens is 190 g/mol. The molecule has 0 atom stereocenters. The molecule has 0 aliphatic heterocycles. The Bertz CT molecular complexity index is 518. The van der Waals surface area contributed by atoms with Crippen molar-refractivity contribution < 1.29 is 5.11 Å². The third-order valence-corrected chi connectivity index (χ3v) is 2.16. The zero-order valence-corrected chi connectivity index (χ0v) is 7.30. The highest BCUT2D eigenvalue weighted by molar-refractivity contribution is 6.34. The Hall–Kier alpha value is -1.48. The van der Waals surface area contributed by atoms with Crippen LogP contribution in [-0.4, -0.2) is 10.1 Å². The number of hydrogen-bond acceptors (Lipinski definition) is 2. The Labute approximate surface area is 78.6 Å². The first-order valence-corrected chi connectivity index (χ1v) is 4.07. The molecule has 13 heavy (non-hydrogen) atoms. The van der Waals surface area contributed by atoms with Crippen LogP contribution < -0.4 is 5.56 Å². The van der Waals surface area contributed by atoms with E-state index in [-0.39, 0.29) is 10.9 Å². The Kier molecular flexibility index (Phi) is 1.74. The van der Waals surface area contributed by atoms with Crippen molar-refractivity contribution in [3.8, 4) is 5.75 Å². The lowest BCUT2D eigenvalue weighted by Crippen LogP contribution is -2.05. The predicted octanol–water partition coefficient (Wildman–Crippen LogP) is 1.89. The van der Waals surface area contributed by atoms with Gasteiger partial charge in [-0.25, -0.2) is 0 Å². The minimum atomic E-state index is -0.566. The molecule has 0 aliphatic rings. The molecule has 0 saturated heterocycles. The number of hydrogen-bond donors (Lipinski definition) is 2. The fourth-order valence-electron chi connectivity index (χ4n) is 1.23. The number of halogens is 1. The van der Waals surface area contributed by atoms with Crippen LogP contribution in [0.5, 0.6) is 5.75 Å². The second-order valence-electron chi connectivity index (χ2n) is 2.66. The van der Waals surface area contributed by atoms with E-state index in [2.05, 4.69) is 4.98 Å². The van der Waals surface area contributed by atoms with Gasteiger partial charge >= 0.3 is 0 Å². The van der Waals surface area contributed by atoms with Crippen molar-refractivity contribution in [3.05, 3.63) is 39.8 Å². The van der Waals surface area contributed by atoms with Crippen LogP contribution in [0.4, 0.5) is 0 Å². The fraction of sp³-hybridized carbons (Fsp3) is 0. The van der Waals surface area contributed by atoms with Gasteiger partial charge in [-0.3, -0.25) is 4.79 Å². The molecule has 1 aromatic carbocycles. The fourth-order valence-corrected chi connectivity index (χ4v) is 1.48. The number of aromatic nitrogens is 1.